The molecule has 0 radical (unpaired) electrons. The molecule has 3 aliphatic heterocycles. The Bertz CT molecular complexity index is 1040. The van der Waals surface area contributed by atoms with Crippen molar-refractivity contribution >= 4 is 51.7 Å². The van der Waals surface area contributed by atoms with E-state index in [0.717, 1.165) is 29.8 Å². The number of nitrogens with zero attached hydrogens (tertiary/aromatic N) is 3. The SMILES string of the molecule is CON=C(C(=O)N[C@@H]1C(=O)N2C(C(=O)O)=C3[C@H]4CCCO[C@H]4[C@@H]3S[C@H]12)c1csc(N)n1. The molecule has 2 saturated heterocycles. The summed E-state index contributed by atoms with van der Waals surface area (Å²) in [4.78, 5) is 47.8. The van der Waals surface area contributed by atoms with Gasteiger partial charge in [-0.1, -0.05) is 5.16 Å². The number of thioether (sulfide) groups is 1. The number of carboxylic acids is 1. The van der Waals surface area contributed by atoms with E-state index in [9.17, 15) is 19.5 Å². The molecule has 0 spiro atoms. The highest BCUT2D eigenvalue weighted by molar-refractivity contribution is 8.01. The van der Waals surface area contributed by atoms with E-state index in [-0.39, 0.29) is 39.5 Å². The minimum Gasteiger partial charge on any atom is -0.477 e. The first-order valence-corrected chi connectivity index (χ1v) is 11.5. The minimum atomic E-state index is -1.13. The molecule has 2 amide bonds. The molecule has 1 saturated carbocycles. The zero-order valence-corrected chi connectivity index (χ0v) is 17.9. The molecule has 5 rings (SSSR count). The number of hydrogen-bond acceptors (Lipinski definition) is 10. The van der Waals surface area contributed by atoms with Crippen molar-refractivity contribution in [2.45, 2.75) is 35.6 Å². The molecule has 4 N–H and O–H groups in total. The maximum absolute atomic E-state index is 12.9. The number of carboxylic acid groups (broad SMARTS) is 1. The molecule has 31 heavy (non-hydrogen) atoms. The van der Waals surface area contributed by atoms with Crippen molar-refractivity contribution in [3.8, 4) is 0 Å². The van der Waals surface area contributed by atoms with Crippen LogP contribution >= 0.6 is 23.1 Å². The van der Waals surface area contributed by atoms with Crippen LogP contribution in [0.3, 0.4) is 0 Å². The van der Waals surface area contributed by atoms with Gasteiger partial charge < -0.3 is 25.7 Å². The van der Waals surface area contributed by atoms with Gasteiger partial charge in [-0.15, -0.1) is 23.1 Å². The molecule has 0 bridgehead atoms. The third-order valence-corrected chi connectivity index (χ3v) is 8.12. The Labute approximate surface area is 184 Å². The summed E-state index contributed by atoms with van der Waals surface area (Å²) >= 11 is 2.60. The van der Waals surface area contributed by atoms with Gasteiger partial charge in [0.2, 0.25) is 0 Å². The maximum atomic E-state index is 12.9. The molecule has 3 fully saturated rings. The van der Waals surface area contributed by atoms with Gasteiger partial charge in [0.1, 0.15) is 29.9 Å². The van der Waals surface area contributed by atoms with E-state index in [0.29, 0.717) is 6.61 Å². The molecule has 5 atom stereocenters. The van der Waals surface area contributed by atoms with Crippen LogP contribution in [-0.2, 0) is 24.0 Å². The fourth-order valence-corrected chi connectivity index (χ4v) is 6.93. The van der Waals surface area contributed by atoms with Gasteiger partial charge in [-0.25, -0.2) is 9.78 Å². The van der Waals surface area contributed by atoms with Crippen molar-refractivity contribution < 1.29 is 29.1 Å². The van der Waals surface area contributed by atoms with Crippen LogP contribution in [0.4, 0.5) is 5.13 Å². The number of fused-ring (bicyclic) bond motifs is 5. The van der Waals surface area contributed by atoms with Gasteiger partial charge in [0.25, 0.3) is 11.8 Å². The molecule has 1 aromatic rings. The number of β-lactam (4-membered cyclic amide) rings is 1. The first kappa shape index (κ1) is 20.3. The van der Waals surface area contributed by atoms with E-state index >= 15 is 0 Å². The van der Waals surface area contributed by atoms with Crippen LogP contribution in [0.2, 0.25) is 0 Å². The van der Waals surface area contributed by atoms with E-state index in [2.05, 4.69) is 15.5 Å². The Morgan fingerprint density at radius 2 is 2.29 bits per heavy atom. The number of rotatable bonds is 5. The molecule has 0 unspecified atom stereocenters. The molecule has 13 heteroatoms. The van der Waals surface area contributed by atoms with Gasteiger partial charge in [-0.2, -0.15) is 0 Å². The summed E-state index contributed by atoms with van der Waals surface area (Å²) in [7, 11) is 1.29. The van der Waals surface area contributed by atoms with E-state index in [1.54, 1.807) is 5.38 Å². The van der Waals surface area contributed by atoms with E-state index in [1.165, 1.54) is 23.8 Å². The van der Waals surface area contributed by atoms with Gasteiger partial charge in [0, 0.05) is 17.9 Å². The second kappa shape index (κ2) is 7.50. The molecule has 11 nitrogen and oxygen atoms in total. The van der Waals surface area contributed by atoms with Crippen molar-refractivity contribution in [1.82, 2.24) is 15.2 Å². The smallest absolute Gasteiger partial charge is 0.352 e. The normalized spacial score (nSPS) is 31.6. The first-order chi connectivity index (χ1) is 14.9. The highest BCUT2D eigenvalue weighted by Gasteiger charge is 2.63. The summed E-state index contributed by atoms with van der Waals surface area (Å²) in [6.07, 6.45) is 1.67. The molecule has 4 aliphatic rings. The largest absolute Gasteiger partial charge is 0.477 e. The lowest BCUT2D eigenvalue weighted by Crippen LogP contribution is -2.74. The summed E-state index contributed by atoms with van der Waals surface area (Å²) in [5, 5.41) is 17.4. The van der Waals surface area contributed by atoms with Crippen LogP contribution < -0.4 is 11.1 Å². The van der Waals surface area contributed by atoms with E-state index in [4.69, 9.17) is 15.3 Å². The quantitative estimate of drug-likeness (QED) is 0.309. The number of ether oxygens (including phenoxy) is 1. The number of oxime groups is 1. The lowest BCUT2D eigenvalue weighted by Gasteiger charge is -2.59. The Hall–Kier alpha value is -2.64. The van der Waals surface area contributed by atoms with Gasteiger partial charge in [-0.05, 0) is 18.4 Å². The van der Waals surface area contributed by atoms with Gasteiger partial charge in [0.15, 0.2) is 10.8 Å². The second-order valence-electron chi connectivity index (χ2n) is 7.49. The molecule has 164 valence electrons. The van der Waals surface area contributed by atoms with E-state index < -0.39 is 29.2 Å². The predicted molar refractivity (Wildman–Crippen MR) is 111 cm³/mol. The van der Waals surface area contributed by atoms with Crippen LogP contribution in [0.5, 0.6) is 0 Å². The number of hydrogen-bond donors (Lipinski definition) is 3. The van der Waals surface area contributed by atoms with Crippen molar-refractivity contribution in [2.24, 2.45) is 11.1 Å². The molecule has 1 aromatic heterocycles. The third-order valence-electron chi connectivity index (χ3n) is 5.87. The maximum Gasteiger partial charge on any atom is 0.352 e. The Morgan fingerprint density at radius 1 is 1.48 bits per heavy atom. The van der Waals surface area contributed by atoms with Gasteiger partial charge in [0.05, 0.1) is 11.4 Å². The van der Waals surface area contributed by atoms with Crippen LogP contribution in [0.1, 0.15) is 18.5 Å². The number of aliphatic carboxylic acids is 1. The Kier molecular flexibility index (Phi) is 4.90. The van der Waals surface area contributed by atoms with Crippen LogP contribution in [0.15, 0.2) is 21.8 Å². The topological polar surface area (TPSA) is 156 Å². The summed E-state index contributed by atoms with van der Waals surface area (Å²) < 4.78 is 5.86. The number of aromatic nitrogens is 1. The predicted octanol–water partition coefficient (Wildman–Crippen LogP) is -0.00820. The zero-order valence-electron chi connectivity index (χ0n) is 16.3. The summed E-state index contributed by atoms with van der Waals surface area (Å²) in [6, 6.07) is -0.894. The average molecular weight is 466 g/mol. The lowest BCUT2D eigenvalue weighted by atomic mass is 9.70. The number of carbonyl (C=O) groups excluding carboxylic acids is 2. The highest BCUT2D eigenvalue weighted by Crippen LogP contribution is 2.57. The van der Waals surface area contributed by atoms with Crippen LogP contribution in [0, 0.1) is 5.92 Å². The standard InChI is InChI=1S/C18H19N5O6S2/c1-28-22-9(7-5-30-18(19)20-7)14(24)21-10-15(25)23-11(17(26)27)8-6-3-2-4-29-12(6)13(8)31-16(10)23/h5-6,10,12-13,16H,2-4H2,1H3,(H2,19,20)(H,21,24)(H,26,27)/t6-,10-,12-,13-,16-/m1/s1. The van der Waals surface area contributed by atoms with Gasteiger partial charge in [-0.3, -0.25) is 14.5 Å². The number of carbonyl (C=O) groups is 3. The van der Waals surface area contributed by atoms with E-state index in [1.807, 2.05) is 0 Å². The Balaban J connectivity index is 1.39. The monoisotopic (exact) mass is 465 g/mol. The number of amides is 2. The number of thiazole rings is 1. The first-order valence-electron chi connectivity index (χ1n) is 9.63. The fraction of sp³-hybridized carbons (Fsp3) is 0.500. The molecular formula is C18H19N5O6S2. The number of nitrogens with two attached hydrogens (primary N) is 1. The number of nitrogens with one attached hydrogen (secondary N) is 1. The van der Waals surface area contributed by atoms with Crippen LogP contribution in [0.25, 0.3) is 0 Å². The zero-order chi connectivity index (χ0) is 21.9. The average Bonchev–Trinajstić information content (AvgIpc) is 3.18. The molecule has 1 aliphatic carbocycles. The van der Waals surface area contributed by atoms with Crippen LogP contribution in [-0.4, -0.2) is 75.0 Å². The second-order valence-corrected chi connectivity index (χ2v) is 9.65. The van der Waals surface area contributed by atoms with Crippen molar-refractivity contribution in [3.05, 3.63) is 22.3 Å². The highest BCUT2D eigenvalue weighted by atomic mass is 32.2. The number of nitrogen functional groups attached to an aromatic ring is 1. The minimum absolute atomic E-state index is 0.0362. The molecule has 0 aromatic carbocycles. The fourth-order valence-electron chi connectivity index (χ4n) is 4.56. The third kappa shape index (κ3) is 3.02. The van der Waals surface area contributed by atoms with Gasteiger partial charge >= 0.3 is 5.97 Å². The summed E-state index contributed by atoms with van der Waals surface area (Å²) in [5.41, 5.74) is 6.56. The summed E-state index contributed by atoms with van der Waals surface area (Å²) in [6.45, 7) is 0.648. The lowest BCUT2D eigenvalue weighted by molar-refractivity contribution is -0.151. The number of anilines is 1. The Morgan fingerprint density at radius 3 is 2.97 bits per heavy atom. The molecule has 4 heterocycles. The van der Waals surface area contributed by atoms with Crippen molar-refractivity contribution in [3.63, 3.8) is 0 Å². The summed E-state index contributed by atoms with van der Waals surface area (Å²) in [5.74, 6) is -2.22. The van der Waals surface area contributed by atoms with Crippen molar-refractivity contribution in [1.29, 1.82) is 0 Å². The molecular weight excluding hydrogens is 446 g/mol. The van der Waals surface area contributed by atoms with Crippen molar-refractivity contribution in [2.75, 3.05) is 19.5 Å².